The number of anilines is 1. The molecule has 2 aromatic carbocycles. The molecule has 1 saturated heterocycles. The Morgan fingerprint density at radius 3 is 2.14 bits per heavy atom. The van der Waals surface area contributed by atoms with Crippen molar-refractivity contribution in [1.29, 1.82) is 0 Å². The van der Waals surface area contributed by atoms with E-state index < -0.39 is 9.85 Å². The van der Waals surface area contributed by atoms with Crippen molar-refractivity contribution in [2.24, 2.45) is 0 Å². The zero-order chi connectivity index (χ0) is 20.3. The monoisotopic (exact) mass is 386 g/mol. The number of non-ortho nitro benzene ring substituents is 1. The molecule has 0 spiro atoms. The van der Waals surface area contributed by atoms with E-state index in [-0.39, 0.29) is 17.3 Å². The summed E-state index contributed by atoms with van der Waals surface area (Å²) in [7, 11) is 1.45. The molecular formula is C18H18N4O6. The van der Waals surface area contributed by atoms with Crippen molar-refractivity contribution in [3.8, 4) is 5.75 Å². The molecule has 1 heterocycles. The second-order valence-corrected chi connectivity index (χ2v) is 6.19. The summed E-state index contributed by atoms with van der Waals surface area (Å²) in [6.07, 6.45) is 0. The van der Waals surface area contributed by atoms with E-state index in [2.05, 4.69) is 0 Å². The Hall–Kier alpha value is -3.69. The third-order valence-corrected chi connectivity index (χ3v) is 4.61. The van der Waals surface area contributed by atoms with Crippen LogP contribution in [0.3, 0.4) is 0 Å². The average Bonchev–Trinajstić information content (AvgIpc) is 2.73. The summed E-state index contributed by atoms with van der Waals surface area (Å²) < 4.78 is 5.05. The molecule has 1 aliphatic heterocycles. The number of amides is 1. The van der Waals surface area contributed by atoms with Crippen molar-refractivity contribution in [3.05, 3.63) is 68.3 Å². The molecule has 0 N–H and O–H groups in total. The molecule has 0 saturated carbocycles. The van der Waals surface area contributed by atoms with Crippen LogP contribution in [0.25, 0.3) is 0 Å². The van der Waals surface area contributed by atoms with Gasteiger partial charge < -0.3 is 14.5 Å². The van der Waals surface area contributed by atoms with E-state index in [9.17, 15) is 25.0 Å². The lowest BCUT2D eigenvalue weighted by molar-refractivity contribution is -0.384. The lowest BCUT2D eigenvalue weighted by Crippen LogP contribution is -2.48. The number of hydrogen-bond acceptors (Lipinski definition) is 7. The van der Waals surface area contributed by atoms with E-state index in [1.807, 2.05) is 4.90 Å². The molecule has 1 amide bonds. The van der Waals surface area contributed by atoms with Crippen molar-refractivity contribution < 1.29 is 19.4 Å². The predicted octanol–water partition coefficient (Wildman–Crippen LogP) is 2.47. The minimum Gasteiger partial charge on any atom is -0.496 e. The highest BCUT2D eigenvalue weighted by Gasteiger charge is 2.27. The van der Waals surface area contributed by atoms with E-state index in [0.29, 0.717) is 43.2 Å². The fraction of sp³-hybridized carbons (Fsp3) is 0.278. The van der Waals surface area contributed by atoms with Crippen molar-refractivity contribution >= 4 is 23.0 Å². The maximum Gasteiger partial charge on any atom is 0.296 e. The van der Waals surface area contributed by atoms with Gasteiger partial charge in [0.1, 0.15) is 11.4 Å². The minimum absolute atomic E-state index is 0.0468. The average molecular weight is 386 g/mol. The fourth-order valence-electron chi connectivity index (χ4n) is 3.10. The molecule has 146 valence electrons. The number of rotatable bonds is 5. The van der Waals surface area contributed by atoms with Crippen molar-refractivity contribution in [2.75, 3.05) is 38.2 Å². The van der Waals surface area contributed by atoms with Crippen LogP contribution < -0.4 is 9.64 Å². The third kappa shape index (κ3) is 3.85. The van der Waals surface area contributed by atoms with Crippen molar-refractivity contribution in [3.63, 3.8) is 0 Å². The van der Waals surface area contributed by atoms with Gasteiger partial charge in [0, 0.05) is 43.9 Å². The smallest absolute Gasteiger partial charge is 0.296 e. The molecule has 10 nitrogen and oxygen atoms in total. The van der Waals surface area contributed by atoms with Crippen LogP contribution >= 0.6 is 0 Å². The Balaban J connectivity index is 1.70. The number of benzene rings is 2. The Morgan fingerprint density at radius 2 is 1.61 bits per heavy atom. The van der Waals surface area contributed by atoms with Crippen LogP contribution in [0.4, 0.5) is 17.1 Å². The largest absolute Gasteiger partial charge is 0.496 e. The SMILES string of the molecule is COc1ccc(N2CCN(C(=O)c3ccc([N+](=O)[O-])cc3)CC2)c([N+](=O)[O-])c1. The molecule has 0 unspecified atom stereocenters. The number of nitrogens with zero attached hydrogens (tertiary/aromatic N) is 4. The van der Waals surface area contributed by atoms with Gasteiger partial charge in [0.25, 0.3) is 17.3 Å². The Bertz CT molecular complexity index is 907. The second-order valence-electron chi connectivity index (χ2n) is 6.19. The van der Waals surface area contributed by atoms with Gasteiger partial charge in [-0.15, -0.1) is 0 Å². The highest BCUT2D eigenvalue weighted by molar-refractivity contribution is 5.94. The number of methoxy groups -OCH3 is 1. The van der Waals surface area contributed by atoms with E-state index in [1.165, 1.54) is 37.4 Å². The van der Waals surface area contributed by atoms with Gasteiger partial charge in [0.2, 0.25) is 0 Å². The zero-order valence-electron chi connectivity index (χ0n) is 15.1. The van der Waals surface area contributed by atoms with E-state index in [1.54, 1.807) is 17.0 Å². The third-order valence-electron chi connectivity index (χ3n) is 4.61. The number of nitro groups is 2. The first-order valence-electron chi connectivity index (χ1n) is 8.52. The summed E-state index contributed by atoms with van der Waals surface area (Å²) in [4.78, 5) is 37.2. The number of piperazine rings is 1. The van der Waals surface area contributed by atoms with Gasteiger partial charge in [-0.25, -0.2) is 0 Å². The fourth-order valence-corrected chi connectivity index (χ4v) is 3.10. The summed E-state index contributed by atoms with van der Waals surface area (Å²) >= 11 is 0. The van der Waals surface area contributed by atoms with Crippen LogP contribution in [-0.2, 0) is 0 Å². The zero-order valence-corrected chi connectivity index (χ0v) is 15.1. The summed E-state index contributed by atoms with van der Waals surface area (Å²) in [6, 6.07) is 10.1. The molecule has 1 fully saturated rings. The molecule has 0 atom stereocenters. The first kappa shape index (κ1) is 19.1. The molecule has 3 rings (SSSR count). The maximum absolute atomic E-state index is 12.6. The standard InChI is InChI=1S/C18H18N4O6/c1-28-15-6-7-16(17(12-15)22(26)27)19-8-10-20(11-9-19)18(23)13-2-4-14(5-3-13)21(24)25/h2-7,12H,8-11H2,1H3. The minimum atomic E-state index is -0.519. The van der Waals surface area contributed by atoms with Crippen LogP contribution in [-0.4, -0.2) is 53.9 Å². The lowest BCUT2D eigenvalue weighted by Gasteiger charge is -2.35. The molecule has 0 radical (unpaired) electrons. The Labute approximate surface area is 160 Å². The van der Waals surface area contributed by atoms with Crippen LogP contribution in [0.15, 0.2) is 42.5 Å². The van der Waals surface area contributed by atoms with E-state index >= 15 is 0 Å². The number of nitro benzene ring substituents is 2. The quantitative estimate of drug-likeness (QED) is 0.572. The maximum atomic E-state index is 12.6. The number of carbonyl (C=O) groups excluding carboxylic acids is 1. The number of carbonyl (C=O) groups is 1. The van der Waals surface area contributed by atoms with Gasteiger partial charge >= 0.3 is 0 Å². The molecule has 0 bridgehead atoms. The van der Waals surface area contributed by atoms with Crippen LogP contribution in [0.2, 0.25) is 0 Å². The summed E-state index contributed by atoms with van der Waals surface area (Å²) in [6.45, 7) is 1.65. The van der Waals surface area contributed by atoms with Gasteiger partial charge in [0.05, 0.1) is 23.0 Å². The first-order valence-corrected chi connectivity index (χ1v) is 8.52. The van der Waals surface area contributed by atoms with Gasteiger partial charge in [-0.3, -0.25) is 25.0 Å². The first-order chi connectivity index (χ1) is 13.4. The Kier molecular flexibility index (Phi) is 5.39. The molecule has 0 aliphatic carbocycles. The number of ether oxygens (including phenoxy) is 1. The Morgan fingerprint density at radius 1 is 0.964 bits per heavy atom. The van der Waals surface area contributed by atoms with Gasteiger partial charge in [-0.05, 0) is 24.3 Å². The highest BCUT2D eigenvalue weighted by atomic mass is 16.6. The van der Waals surface area contributed by atoms with Crippen LogP contribution in [0.5, 0.6) is 5.75 Å². The highest BCUT2D eigenvalue weighted by Crippen LogP contribution is 2.32. The van der Waals surface area contributed by atoms with Gasteiger partial charge in [-0.1, -0.05) is 0 Å². The molecule has 28 heavy (non-hydrogen) atoms. The summed E-state index contributed by atoms with van der Waals surface area (Å²) in [5, 5.41) is 22.1. The lowest BCUT2D eigenvalue weighted by atomic mass is 10.1. The normalized spacial score (nSPS) is 13.9. The van der Waals surface area contributed by atoms with E-state index in [4.69, 9.17) is 4.74 Å². The molecule has 1 aliphatic rings. The van der Waals surface area contributed by atoms with Crippen LogP contribution in [0, 0.1) is 20.2 Å². The molecule has 0 aromatic heterocycles. The second kappa shape index (κ2) is 7.91. The van der Waals surface area contributed by atoms with Crippen molar-refractivity contribution in [2.45, 2.75) is 0 Å². The van der Waals surface area contributed by atoms with Crippen LogP contribution in [0.1, 0.15) is 10.4 Å². The number of hydrogen-bond donors (Lipinski definition) is 0. The van der Waals surface area contributed by atoms with Gasteiger partial charge in [0.15, 0.2) is 0 Å². The predicted molar refractivity (Wildman–Crippen MR) is 101 cm³/mol. The molecular weight excluding hydrogens is 368 g/mol. The van der Waals surface area contributed by atoms with Crippen molar-refractivity contribution in [1.82, 2.24) is 4.90 Å². The topological polar surface area (TPSA) is 119 Å². The summed E-state index contributed by atoms with van der Waals surface area (Å²) in [5.74, 6) is 0.182. The van der Waals surface area contributed by atoms with E-state index in [0.717, 1.165) is 0 Å². The van der Waals surface area contributed by atoms with Gasteiger partial charge in [-0.2, -0.15) is 0 Å². The molecule has 10 heteroatoms. The molecule has 2 aromatic rings. The summed E-state index contributed by atoms with van der Waals surface area (Å²) in [5.41, 5.74) is 0.727.